The smallest absolute Gasteiger partial charge is 0.345 e. The summed E-state index contributed by atoms with van der Waals surface area (Å²) in [6.07, 6.45) is 2.00. The average molecular weight is 369 g/mol. The lowest BCUT2D eigenvalue weighted by molar-refractivity contribution is 0.367. The second-order valence-corrected chi connectivity index (χ2v) is 7.19. The molecule has 3 heterocycles. The summed E-state index contributed by atoms with van der Waals surface area (Å²) in [5, 5.41) is 13.8. The van der Waals surface area contributed by atoms with Crippen LogP contribution in [0, 0.1) is 11.3 Å². The van der Waals surface area contributed by atoms with Crippen LogP contribution in [0.15, 0.2) is 23.0 Å². The fraction of sp³-hybridized carbons (Fsp3) is 0.579. The fourth-order valence-corrected chi connectivity index (χ4v) is 3.56. The number of anilines is 1. The minimum Gasteiger partial charge on any atom is -0.356 e. The van der Waals surface area contributed by atoms with Gasteiger partial charge in [-0.05, 0) is 46.0 Å². The molecular formula is C19H27N7O. The van der Waals surface area contributed by atoms with E-state index in [4.69, 9.17) is 5.26 Å². The molecule has 0 amide bonds. The van der Waals surface area contributed by atoms with E-state index in [1.807, 2.05) is 38.1 Å². The zero-order valence-electron chi connectivity index (χ0n) is 16.3. The summed E-state index contributed by atoms with van der Waals surface area (Å²) in [5.41, 5.74) is 0.393. The Morgan fingerprint density at radius 3 is 2.89 bits per heavy atom. The molecule has 2 aromatic heterocycles. The summed E-state index contributed by atoms with van der Waals surface area (Å²) in [4.78, 5) is 21.4. The molecule has 2 aromatic rings. The van der Waals surface area contributed by atoms with Crippen molar-refractivity contribution in [2.24, 2.45) is 0 Å². The highest BCUT2D eigenvalue weighted by molar-refractivity contribution is 5.42. The van der Waals surface area contributed by atoms with Crippen LogP contribution >= 0.6 is 0 Å². The van der Waals surface area contributed by atoms with Crippen LogP contribution in [0.2, 0.25) is 0 Å². The molecule has 8 nitrogen and oxygen atoms in total. The number of rotatable bonds is 6. The Balaban J connectivity index is 1.84. The number of likely N-dealkylation sites (N-methyl/N-ethyl adjacent to an activating group) is 1. The Bertz CT molecular complexity index is 877. The molecule has 8 heteroatoms. The van der Waals surface area contributed by atoms with Gasteiger partial charge in [0.25, 0.3) is 0 Å². The molecule has 0 aromatic carbocycles. The number of hydrogen-bond acceptors (Lipinski definition) is 6. The van der Waals surface area contributed by atoms with Crippen molar-refractivity contribution in [1.29, 1.82) is 5.26 Å². The minimum absolute atomic E-state index is 0.0314. The highest BCUT2D eigenvalue weighted by Crippen LogP contribution is 2.28. The number of nitriles is 1. The molecule has 1 aliphatic rings. The molecule has 1 aliphatic heterocycles. The second-order valence-electron chi connectivity index (χ2n) is 7.19. The summed E-state index contributed by atoms with van der Waals surface area (Å²) in [6, 6.07) is 7.61. The van der Waals surface area contributed by atoms with Gasteiger partial charge in [-0.25, -0.2) is 14.5 Å². The highest BCUT2D eigenvalue weighted by Gasteiger charge is 2.27. The van der Waals surface area contributed by atoms with Crippen LogP contribution < -0.4 is 10.6 Å². The van der Waals surface area contributed by atoms with Crippen molar-refractivity contribution in [1.82, 2.24) is 24.2 Å². The molecule has 1 unspecified atom stereocenters. The maximum atomic E-state index is 12.7. The quantitative estimate of drug-likeness (QED) is 0.763. The molecule has 0 radical (unpaired) electrons. The molecule has 27 heavy (non-hydrogen) atoms. The van der Waals surface area contributed by atoms with Gasteiger partial charge in [-0.3, -0.25) is 4.57 Å². The lowest BCUT2D eigenvalue weighted by atomic mass is 9.97. The van der Waals surface area contributed by atoms with Crippen LogP contribution in [0.3, 0.4) is 0 Å². The number of hydrogen-bond donors (Lipinski definition) is 0. The number of aromatic nitrogens is 4. The first-order chi connectivity index (χ1) is 13.0. The van der Waals surface area contributed by atoms with Crippen LogP contribution in [0.25, 0.3) is 0 Å². The molecule has 144 valence electrons. The van der Waals surface area contributed by atoms with E-state index in [1.165, 1.54) is 0 Å². The molecule has 0 bridgehead atoms. The first-order valence-electron chi connectivity index (χ1n) is 9.47. The van der Waals surface area contributed by atoms with E-state index in [0.717, 1.165) is 44.1 Å². The molecule has 0 saturated carbocycles. The van der Waals surface area contributed by atoms with Crippen LogP contribution in [-0.2, 0) is 13.1 Å². The minimum atomic E-state index is -0.0314. The highest BCUT2D eigenvalue weighted by atomic mass is 16.2. The Morgan fingerprint density at radius 1 is 1.37 bits per heavy atom. The fourth-order valence-electron chi connectivity index (χ4n) is 3.56. The van der Waals surface area contributed by atoms with Gasteiger partial charge < -0.3 is 9.80 Å². The maximum Gasteiger partial charge on any atom is 0.345 e. The number of piperidine rings is 1. The third kappa shape index (κ3) is 4.19. The van der Waals surface area contributed by atoms with Gasteiger partial charge in [-0.1, -0.05) is 6.07 Å². The predicted octanol–water partition coefficient (Wildman–Crippen LogP) is 1.28. The van der Waals surface area contributed by atoms with E-state index in [0.29, 0.717) is 18.8 Å². The van der Waals surface area contributed by atoms with E-state index in [9.17, 15) is 4.79 Å². The summed E-state index contributed by atoms with van der Waals surface area (Å²) in [5.74, 6) is 1.86. The molecule has 3 rings (SSSR count). The third-order valence-corrected chi connectivity index (χ3v) is 4.99. The van der Waals surface area contributed by atoms with Crippen LogP contribution in [0.1, 0.15) is 37.2 Å². The van der Waals surface area contributed by atoms with E-state index in [2.05, 4.69) is 21.1 Å². The Kier molecular flexibility index (Phi) is 5.91. The Morgan fingerprint density at radius 2 is 2.19 bits per heavy atom. The molecule has 1 saturated heterocycles. The van der Waals surface area contributed by atoms with Gasteiger partial charge in [0.1, 0.15) is 23.4 Å². The van der Waals surface area contributed by atoms with Gasteiger partial charge in [0.05, 0.1) is 6.54 Å². The van der Waals surface area contributed by atoms with Crippen LogP contribution in [-0.4, -0.2) is 58.0 Å². The third-order valence-electron chi connectivity index (χ3n) is 4.99. The van der Waals surface area contributed by atoms with Crippen molar-refractivity contribution in [3.63, 3.8) is 0 Å². The standard InChI is InChI=1S/C19H27N7O/c1-4-25-18(22-26(19(25)27)12-11-23(2)3)15-7-6-10-24(14-15)17-9-5-8-16(13-20)21-17/h5,8-9,15H,4,6-7,10-12,14H2,1-3H3. The normalized spacial score (nSPS) is 17.3. The zero-order valence-corrected chi connectivity index (χ0v) is 16.3. The van der Waals surface area contributed by atoms with Crippen molar-refractivity contribution in [2.75, 3.05) is 38.6 Å². The molecule has 1 fully saturated rings. The van der Waals surface area contributed by atoms with Gasteiger partial charge in [-0.2, -0.15) is 10.4 Å². The Labute approximate surface area is 159 Å². The average Bonchev–Trinajstić information content (AvgIpc) is 3.02. The molecule has 1 atom stereocenters. The first kappa shape index (κ1) is 19.1. The topological polar surface area (TPSA) is 83.0 Å². The summed E-state index contributed by atoms with van der Waals surface area (Å²) in [7, 11) is 3.98. The van der Waals surface area contributed by atoms with Crippen LogP contribution in [0.4, 0.5) is 5.82 Å². The molecular weight excluding hydrogens is 342 g/mol. The largest absolute Gasteiger partial charge is 0.356 e. The molecule has 0 aliphatic carbocycles. The van der Waals surface area contributed by atoms with E-state index in [1.54, 1.807) is 15.3 Å². The van der Waals surface area contributed by atoms with Crippen LogP contribution in [0.5, 0.6) is 0 Å². The van der Waals surface area contributed by atoms with Crippen molar-refractivity contribution in [2.45, 2.75) is 38.8 Å². The predicted molar refractivity (Wildman–Crippen MR) is 104 cm³/mol. The van der Waals surface area contributed by atoms with Gasteiger partial charge in [0.15, 0.2) is 0 Å². The molecule has 0 spiro atoms. The van der Waals surface area contributed by atoms with E-state index < -0.39 is 0 Å². The van der Waals surface area contributed by atoms with Gasteiger partial charge in [0.2, 0.25) is 0 Å². The summed E-state index contributed by atoms with van der Waals surface area (Å²) >= 11 is 0. The number of nitrogens with zero attached hydrogens (tertiary/aromatic N) is 7. The van der Waals surface area contributed by atoms with Crippen molar-refractivity contribution < 1.29 is 0 Å². The van der Waals surface area contributed by atoms with Gasteiger partial charge in [0, 0.05) is 32.1 Å². The first-order valence-corrected chi connectivity index (χ1v) is 9.47. The lowest BCUT2D eigenvalue weighted by Crippen LogP contribution is -2.36. The van der Waals surface area contributed by atoms with Gasteiger partial charge in [-0.15, -0.1) is 0 Å². The van der Waals surface area contributed by atoms with E-state index in [-0.39, 0.29) is 11.6 Å². The summed E-state index contributed by atoms with van der Waals surface area (Å²) in [6.45, 7) is 5.63. The van der Waals surface area contributed by atoms with Crippen molar-refractivity contribution in [3.8, 4) is 6.07 Å². The van der Waals surface area contributed by atoms with Crippen molar-refractivity contribution in [3.05, 3.63) is 40.2 Å². The van der Waals surface area contributed by atoms with Crippen molar-refractivity contribution >= 4 is 5.82 Å². The second kappa shape index (κ2) is 8.35. The molecule has 0 N–H and O–H groups in total. The number of pyridine rings is 1. The maximum absolute atomic E-state index is 12.7. The zero-order chi connectivity index (χ0) is 19.4. The Hall–Kier alpha value is -2.66. The summed E-state index contributed by atoms with van der Waals surface area (Å²) < 4.78 is 3.38. The SMILES string of the molecule is CCn1c(C2CCCN(c3cccc(C#N)n3)C2)nn(CCN(C)C)c1=O. The lowest BCUT2D eigenvalue weighted by Gasteiger charge is -2.33. The van der Waals surface area contributed by atoms with Gasteiger partial charge >= 0.3 is 5.69 Å². The monoisotopic (exact) mass is 369 g/mol. The van der Waals surface area contributed by atoms with E-state index >= 15 is 0 Å².